The molecule has 0 aliphatic carbocycles. The Morgan fingerprint density at radius 3 is 2.16 bits per heavy atom. The van der Waals surface area contributed by atoms with Crippen LogP contribution in [-0.4, -0.2) is 32.9 Å². The summed E-state index contributed by atoms with van der Waals surface area (Å²) in [4.78, 5) is 1.96. The summed E-state index contributed by atoms with van der Waals surface area (Å²) >= 11 is 0. The zero-order valence-electron chi connectivity index (χ0n) is 15.2. The van der Waals surface area contributed by atoms with Crippen LogP contribution in [0.4, 0.5) is 5.69 Å². The van der Waals surface area contributed by atoms with E-state index >= 15 is 0 Å². The standard InChI is InChI=1S/C19H26NO4P/c1-5-14-24-25(22,18-12-8-16(9-13-18)20(2)3)19(21)15-6-10-17(23-4)11-7-15/h6-13,19,21H,5,14H2,1-4H3/t19-,25+/m1/s1. The predicted octanol–water partition coefficient (Wildman–Crippen LogP) is 3.78. The third-order valence-electron chi connectivity index (χ3n) is 3.95. The van der Waals surface area contributed by atoms with Crippen LogP contribution in [0.2, 0.25) is 0 Å². The maximum atomic E-state index is 13.6. The number of anilines is 1. The number of benzene rings is 2. The number of hydrogen-bond acceptors (Lipinski definition) is 5. The number of aliphatic hydroxyl groups excluding tert-OH is 1. The van der Waals surface area contributed by atoms with E-state index in [1.54, 1.807) is 43.5 Å². The minimum absolute atomic E-state index is 0.319. The summed E-state index contributed by atoms with van der Waals surface area (Å²) in [7, 11) is 1.98. The molecule has 0 aliphatic rings. The van der Waals surface area contributed by atoms with Gasteiger partial charge >= 0.3 is 0 Å². The summed E-state index contributed by atoms with van der Waals surface area (Å²) in [6.45, 7) is 2.26. The normalized spacial score (nSPS) is 14.6. The summed E-state index contributed by atoms with van der Waals surface area (Å²) < 4.78 is 24.4. The van der Waals surface area contributed by atoms with Crippen LogP contribution >= 0.6 is 7.37 Å². The van der Waals surface area contributed by atoms with E-state index in [4.69, 9.17) is 9.26 Å². The van der Waals surface area contributed by atoms with Gasteiger partial charge in [0.15, 0.2) is 5.85 Å². The van der Waals surface area contributed by atoms with E-state index in [1.165, 1.54) is 0 Å². The lowest BCUT2D eigenvalue weighted by molar-refractivity contribution is 0.214. The van der Waals surface area contributed by atoms with E-state index < -0.39 is 13.2 Å². The molecule has 0 amide bonds. The smallest absolute Gasteiger partial charge is 0.264 e. The number of nitrogens with zero attached hydrogens (tertiary/aromatic N) is 1. The fourth-order valence-corrected chi connectivity index (χ4v) is 4.60. The van der Waals surface area contributed by atoms with Crippen LogP contribution < -0.4 is 14.9 Å². The zero-order valence-corrected chi connectivity index (χ0v) is 16.1. The van der Waals surface area contributed by atoms with Gasteiger partial charge in [0.2, 0.25) is 0 Å². The largest absolute Gasteiger partial charge is 0.497 e. The van der Waals surface area contributed by atoms with E-state index in [1.807, 2.05) is 38.1 Å². The highest BCUT2D eigenvalue weighted by Gasteiger charge is 2.36. The van der Waals surface area contributed by atoms with Crippen molar-refractivity contribution < 1.29 is 18.9 Å². The highest BCUT2D eigenvalue weighted by atomic mass is 31.2. The van der Waals surface area contributed by atoms with Crippen LogP contribution in [0, 0.1) is 0 Å². The van der Waals surface area contributed by atoms with Gasteiger partial charge in [-0.25, -0.2) is 0 Å². The molecule has 0 saturated heterocycles. The Labute approximate surface area is 149 Å². The first-order valence-corrected chi connectivity index (χ1v) is 9.96. The molecule has 1 N–H and O–H groups in total. The average Bonchev–Trinajstić information content (AvgIpc) is 2.65. The van der Waals surface area contributed by atoms with E-state index in [9.17, 15) is 9.67 Å². The summed E-state index contributed by atoms with van der Waals surface area (Å²) in [5.41, 5.74) is 1.53. The molecule has 6 heteroatoms. The summed E-state index contributed by atoms with van der Waals surface area (Å²) in [6.07, 6.45) is 0.717. The quantitative estimate of drug-likeness (QED) is 0.723. The van der Waals surface area contributed by atoms with Crippen molar-refractivity contribution in [3.63, 3.8) is 0 Å². The van der Waals surface area contributed by atoms with E-state index in [2.05, 4.69) is 0 Å². The van der Waals surface area contributed by atoms with Gasteiger partial charge in [-0.3, -0.25) is 4.57 Å². The maximum absolute atomic E-state index is 13.6. The van der Waals surface area contributed by atoms with Gasteiger partial charge < -0.3 is 19.3 Å². The van der Waals surface area contributed by atoms with Gasteiger partial charge in [-0.15, -0.1) is 0 Å². The first-order chi connectivity index (χ1) is 11.9. The molecule has 2 aromatic rings. The lowest BCUT2D eigenvalue weighted by atomic mass is 10.2. The molecule has 2 aromatic carbocycles. The van der Waals surface area contributed by atoms with Crippen molar-refractivity contribution >= 4 is 18.4 Å². The monoisotopic (exact) mass is 363 g/mol. The Hall–Kier alpha value is -1.81. The molecule has 0 spiro atoms. The molecule has 0 aromatic heterocycles. The van der Waals surface area contributed by atoms with E-state index in [-0.39, 0.29) is 0 Å². The van der Waals surface area contributed by atoms with Gasteiger partial charge in [0, 0.05) is 25.1 Å². The number of hydrogen-bond donors (Lipinski definition) is 1. The molecule has 0 aliphatic heterocycles. The molecule has 2 rings (SSSR count). The Kier molecular flexibility index (Phi) is 6.65. The zero-order chi connectivity index (χ0) is 18.4. The second-order valence-electron chi connectivity index (χ2n) is 5.99. The molecule has 0 unspecified atom stereocenters. The third-order valence-corrected chi connectivity index (χ3v) is 6.48. The SMILES string of the molecule is CCCO[P@@](=O)(c1ccc(N(C)C)cc1)[C@@H](O)c1ccc(OC)cc1. The molecular weight excluding hydrogens is 337 g/mol. The van der Waals surface area contributed by atoms with Gasteiger partial charge in [-0.2, -0.15) is 0 Å². The van der Waals surface area contributed by atoms with Crippen molar-refractivity contribution in [1.29, 1.82) is 0 Å². The first kappa shape index (κ1) is 19.5. The van der Waals surface area contributed by atoms with Gasteiger partial charge in [0.05, 0.1) is 13.7 Å². The fraction of sp³-hybridized carbons (Fsp3) is 0.368. The summed E-state index contributed by atoms with van der Waals surface area (Å²) in [6, 6.07) is 14.2. The van der Waals surface area contributed by atoms with Crippen LogP contribution in [0.5, 0.6) is 5.75 Å². The third kappa shape index (κ3) is 4.43. The maximum Gasteiger partial charge on any atom is 0.264 e. The molecule has 0 bridgehead atoms. The molecular formula is C19H26NO4P. The number of rotatable bonds is 8. The lowest BCUT2D eigenvalue weighted by Crippen LogP contribution is -2.16. The van der Waals surface area contributed by atoms with Crippen molar-refractivity contribution in [2.24, 2.45) is 0 Å². The molecule has 136 valence electrons. The van der Waals surface area contributed by atoms with Crippen LogP contribution in [0.1, 0.15) is 24.8 Å². The molecule has 5 nitrogen and oxygen atoms in total. The topological polar surface area (TPSA) is 59.0 Å². The van der Waals surface area contributed by atoms with Crippen molar-refractivity contribution in [2.45, 2.75) is 19.2 Å². The molecule has 0 fully saturated rings. The van der Waals surface area contributed by atoms with Gasteiger partial charge in [-0.1, -0.05) is 19.1 Å². The van der Waals surface area contributed by atoms with Gasteiger partial charge in [0.1, 0.15) is 5.75 Å². The second-order valence-corrected chi connectivity index (χ2v) is 8.45. The summed E-state index contributed by atoms with van der Waals surface area (Å²) in [5.74, 6) is -0.550. The van der Waals surface area contributed by atoms with Crippen LogP contribution in [-0.2, 0) is 9.09 Å². The number of methoxy groups -OCH3 is 1. The highest BCUT2D eigenvalue weighted by molar-refractivity contribution is 7.67. The van der Waals surface area contributed by atoms with E-state index in [0.29, 0.717) is 23.2 Å². The summed E-state index contributed by atoms with van der Waals surface area (Å²) in [5, 5.41) is 11.3. The number of ether oxygens (including phenoxy) is 1. The Morgan fingerprint density at radius 1 is 1.08 bits per heavy atom. The molecule has 0 heterocycles. The Bertz CT molecular complexity index is 713. The Morgan fingerprint density at radius 2 is 1.68 bits per heavy atom. The van der Waals surface area contributed by atoms with E-state index in [0.717, 1.165) is 12.1 Å². The van der Waals surface area contributed by atoms with Crippen LogP contribution in [0.3, 0.4) is 0 Å². The number of aliphatic hydroxyl groups is 1. The Balaban J connectivity index is 2.39. The molecule has 2 atom stereocenters. The molecule has 0 saturated carbocycles. The van der Waals surface area contributed by atoms with Crippen molar-refractivity contribution in [3.8, 4) is 5.75 Å². The fourth-order valence-electron chi connectivity index (χ4n) is 2.44. The minimum Gasteiger partial charge on any atom is -0.497 e. The average molecular weight is 363 g/mol. The van der Waals surface area contributed by atoms with Crippen molar-refractivity contribution in [1.82, 2.24) is 0 Å². The molecule has 0 radical (unpaired) electrons. The second kappa shape index (κ2) is 8.52. The van der Waals surface area contributed by atoms with Gasteiger partial charge in [-0.05, 0) is 48.4 Å². The van der Waals surface area contributed by atoms with Crippen molar-refractivity contribution in [3.05, 3.63) is 54.1 Å². The minimum atomic E-state index is -3.48. The predicted molar refractivity (Wildman–Crippen MR) is 102 cm³/mol. The molecule has 25 heavy (non-hydrogen) atoms. The van der Waals surface area contributed by atoms with Crippen LogP contribution in [0.25, 0.3) is 0 Å². The van der Waals surface area contributed by atoms with Crippen LogP contribution in [0.15, 0.2) is 48.5 Å². The van der Waals surface area contributed by atoms with Crippen molar-refractivity contribution in [2.75, 3.05) is 32.7 Å². The highest BCUT2D eigenvalue weighted by Crippen LogP contribution is 2.57. The van der Waals surface area contributed by atoms with Gasteiger partial charge in [0.25, 0.3) is 7.37 Å². The lowest BCUT2D eigenvalue weighted by Gasteiger charge is -2.25. The first-order valence-electron chi connectivity index (χ1n) is 8.26.